The molecule has 0 radical (unpaired) electrons. The molecule has 1 aliphatic rings. The maximum Gasteiger partial charge on any atom is 0.171 e. The molecule has 1 heterocycles. The molecule has 0 bridgehead atoms. The van der Waals surface area contributed by atoms with Crippen LogP contribution in [0.3, 0.4) is 0 Å². The molecular weight excluding hydrogens is 180 g/mol. The molecule has 0 aromatic heterocycles. The first-order valence-corrected chi connectivity index (χ1v) is 3.95. The van der Waals surface area contributed by atoms with Crippen LogP contribution in [0.2, 0.25) is 0 Å². The van der Waals surface area contributed by atoms with Crippen LogP contribution in [0.5, 0.6) is 5.75 Å². The van der Waals surface area contributed by atoms with Gasteiger partial charge in [-0.2, -0.15) is 10.1 Å². The van der Waals surface area contributed by atoms with Crippen molar-refractivity contribution in [2.45, 2.75) is 13.0 Å². The molecule has 2 rings (SSSR count). The quantitative estimate of drug-likeness (QED) is 0.629. The van der Waals surface area contributed by atoms with E-state index in [4.69, 9.17) is 20.3 Å². The maximum atomic E-state index is 8.52. The van der Waals surface area contributed by atoms with Crippen LogP contribution in [-0.4, -0.2) is 0 Å². The maximum absolute atomic E-state index is 8.52. The largest absolute Gasteiger partial charge is 0.337 e. The highest BCUT2D eigenvalue weighted by atomic mass is 17.2. The Morgan fingerprint density at radius 2 is 2.21 bits per heavy atom. The van der Waals surface area contributed by atoms with Gasteiger partial charge in [-0.15, -0.1) is 0 Å². The number of fused-ring (bicyclic) bond motifs is 1. The first kappa shape index (κ1) is 10.0. The third kappa shape index (κ3) is 1.82. The molecule has 0 spiro atoms. The van der Waals surface area contributed by atoms with Crippen LogP contribution in [0.15, 0.2) is 18.2 Å². The average Bonchev–Trinajstić information content (AvgIpc) is 2.70. The summed E-state index contributed by atoms with van der Waals surface area (Å²) in [6.45, 7) is 3.95. The van der Waals surface area contributed by atoms with Crippen LogP contribution < -0.4 is 4.89 Å². The van der Waals surface area contributed by atoms with Gasteiger partial charge in [0.05, 0.1) is 12.5 Å². The number of hydrogen-bond donors (Lipinski definition) is 0. The fourth-order valence-corrected chi connectivity index (χ4v) is 1.26. The molecular formula is C10H8N2O2. The van der Waals surface area contributed by atoms with E-state index in [9.17, 15) is 0 Å². The van der Waals surface area contributed by atoms with E-state index in [2.05, 4.69) is 12.6 Å². The van der Waals surface area contributed by atoms with E-state index < -0.39 is 0 Å². The van der Waals surface area contributed by atoms with Crippen molar-refractivity contribution in [1.82, 2.24) is 0 Å². The second-order valence-corrected chi connectivity index (χ2v) is 2.57. The van der Waals surface area contributed by atoms with Gasteiger partial charge >= 0.3 is 0 Å². The molecule has 0 amide bonds. The zero-order valence-corrected chi connectivity index (χ0v) is 7.43. The molecule has 0 aliphatic carbocycles. The summed E-state index contributed by atoms with van der Waals surface area (Å²) in [4.78, 5) is 9.67. The Kier molecular flexibility index (Phi) is 3.49. The molecule has 4 heteroatoms. The van der Waals surface area contributed by atoms with Crippen LogP contribution in [0, 0.1) is 23.2 Å². The summed E-state index contributed by atoms with van der Waals surface area (Å²) >= 11 is 0. The Labute approximate surface area is 81.8 Å². The second kappa shape index (κ2) is 4.86. The van der Waals surface area contributed by atoms with E-state index in [1.807, 2.05) is 18.2 Å². The summed E-state index contributed by atoms with van der Waals surface area (Å²) in [5.74, 6) is 0.739. The first-order valence-electron chi connectivity index (χ1n) is 3.95. The van der Waals surface area contributed by atoms with Gasteiger partial charge in [-0.3, -0.25) is 0 Å². The van der Waals surface area contributed by atoms with Crippen molar-refractivity contribution in [3.05, 3.63) is 29.3 Å². The van der Waals surface area contributed by atoms with Crippen LogP contribution in [0.4, 0.5) is 0 Å². The zero-order valence-electron chi connectivity index (χ0n) is 7.43. The zero-order chi connectivity index (χ0) is 10.4. The lowest BCUT2D eigenvalue weighted by atomic mass is 10.1. The lowest BCUT2D eigenvalue weighted by molar-refractivity contribution is -0.194. The summed E-state index contributed by atoms with van der Waals surface area (Å²) in [5.41, 5.74) is 1.99. The van der Waals surface area contributed by atoms with Crippen LogP contribution >= 0.6 is 0 Å². The second-order valence-electron chi connectivity index (χ2n) is 2.57. The molecule has 0 saturated carbocycles. The normalized spacial score (nSPS) is 11.5. The fourth-order valence-electron chi connectivity index (χ4n) is 1.26. The molecule has 0 fully saturated rings. The SMILES string of the molecule is C#N.N#CCc1cccc2c1COO2. The smallest absolute Gasteiger partial charge is 0.171 e. The van der Waals surface area contributed by atoms with Crippen LogP contribution in [0.1, 0.15) is 11.1 Å². The third-order valence-corrected chi connectivity index (χ3v) is 1.85. The van der Waals surface area contributed by atoms with Crippen molar-refractivity contribution in [3.63, 3.8) is 0 Å². The van der Waals surface area contributed by atoms with E-state index in [1.165, 1.54) is 0 Å². The Morgan fingerprint density at radius 3 is 2.93 bits per heavy atom. The standard InChI is InChI=1S/C9H7NO2.CHN/c10-5-4-7-2-1-3-9-8(7)6-11-12-9;1-2/h1-3H,4,6H2;1H. The molecule has 0 atom stereocenters. The fraction of sp³-hybridized carbons (Fsp3) is 0.200. The van der Waals surface area contributed by atoms with Crippen molar-refractivity contribution < 1.29 is 9.78 Å². The number of rotatable bonds is 1. The summed E-state index contributed by atoms with van der Waals surface area (Å²) in [6, 6.07) is 7.72. The summed E-state index contributed by atoms with van der Waals surface area (Å²) in [7, 11) is 0. The van der Waals surface area contributed by atoms with E-state index in [0.717, 1.165) is 16.9 Å². The predicted molar refractivity (Wildman–Crippen MR) is 47.8 cm³/mol. The third-order valence-electron chi connectivity index (χ3n) is 1.85. The van der Waals surface area contributed by atoms with Crippen molar-refractivity contribution in [3.8, 4) is 18.4 Å². The van der Waals surface area contributed by atoms with E-state index >= 15 is 0 Å². The lowest BCUT2D eigenvalue weighted by Gasteiger charge is -1.98. The Bertz CT molecular complexity index is 379. The number of nitriles is 2. The highest BCUT2D eigenvalue weighted by Gasteiger charge is 2.16. The van der Waals surface area contributed by atoms with Gasteiger partial charge in [-0.1, -0.05) is 12.1 Å². The van der Waals surface area contributed by atoms with E-state index in [-0.39, 0.29) is 0 Å². The highest BCUT2D eigenvalue weighted by Crippen LogP contribution is 2.28. The average molecular weight is 188 g/mol. The number of hydrogen-bond acceptors (Lipinski definition) is 4. The minimum atomic E-state index is 0.413. The monoisotopic (exact) mass is 188 g/mol. The number of benzene rings is 1. The molecule has 1 aromatic rings. The minimum Gasteiger partial charge on any atom is -0.337 e. The van der Waals surface area contributed by atoms with Crippen molar-refractivity contribution in [2.24, 2.45) is 0 Å². The minimum absolute atomic E-state index is 0.413. The molecule has 1 aromatic carbocycles. The molecule has 1 aliphatic heterocycles. The van der Waals surface area contributed by atoms with Gasteiger partial charge in [0.15, 0.2) is 5.75 Å². The summed E-state index contributed by atoms with van der Waals surface area (Å²) in [5, 5.41) is 15.0. The van der Waals surface area contributed by atoms with Gasteiger partial charge in [-0.05, 0) is 11.6 Å². The topological polar surface area (TPSA) is 66.0 Å². The van der Waals surface area contributed by atoms with Crippen LogP contribution in [-0.2, 0) is 17.9 Å². The van der Waals surface area contributed by atoms with Crippen molar-refractivity contribution in [1.29, 1.82) is 10.5 Å². The lowest BCUT2D eigenvalue weighted by Crippen LogP contribution is -1.88. The molecule has 0 unspecified atom stereocenters. The Balaban J connectivity index is 0.000000461. The molecule has 70 valence electrons. The van der Waals surface area contributed by atoms with Gasteiger partial charge in [0.1, 0.15) is 6.61 Å². The Morgan fingerprint density at radius 1 is 1.43 bits per heavy atom. The van der Waals surface area contributed by atoms with Gasteiger partial charge in [-0.25, -0.2) is 5.26 Å². The Hall–Kier alpha value is -2.04. The predicted octanol–water partition coefficient (Wildman–Crippen LogP) is 1.72. The van der Waals surface area contributed by atoms with Gasteiger partial charge in [0, 0.05) is 12.1 Å². The first-order chi connectivity index (χ1) is 6.92. The van der Waals surface area contributed by atoms with Crippen molar-refractivity contribution in [2.75, 3.05) is 0 Å². The molecule has 0 saturated heterocycles. The summed E-state index contributed by atoms with van der Waals surface area (Å²) in [6.07, 6.45) is 0.413. The molecule has 0 N–H and O–H groups in total. The summed E-state index contributed by atoms with van der Waals surface area (Å²) < 4.78 is 0. The highest BCUT2D eigenvalue weighted by molar-refractivity contribution is 5.41. The van der Waals surface area contributed by atoms with E-state index in [1.54, 1.807) is 0 Å². The van der Waals surface area contributed by atoms with Crippen LogP contribution in [0.25, 0.3) is 0 Å². The van der Waals surface area contributed by atoms with E-state index in [0.29, 0.717) is 13.0 Å². The number of nitrogens with zero attached hydrogens (tertiary/aromatic N) is 2. The van der Waals surface area contributed by atoms with Gasteiger partial charge < -0.3 is 4.89 Å². The molecule has 4 nitrogen and oxygen atoms in total. The van der Waals surface area contributed by atoms with Gasteiger partial charge in [0.25, 0.3) is 0 Å². The van der Waals surface area contributed by atoms with Gasteiger partial charge in [0.2, 0.25) is 0 Å². The van der Waals surface area contributed by atoms with Crippen molar-refractivity contribution >= 4 is 0 Å². The molecule has 14 heavy (non-hydrogen) atoms.